The lowest BCUT2D eigenvalue weighted by atomic mass is 9.86. The molecule has 1 aliphatic carbocycles. The first-order chi connectivity index (χ1) is 9.70. The van der Waals surface area contributed by atoms with Gasteiger partial charge in [-0.25, -0.2) is 4.39 Å². The fraction of sp³-hybridized carbons (Fsp3) is 0.562. The molecule has 0 aliphatic heterocycles. The molecule has 1 aromatic carbocycles. The zero-order chi connectivity index (χ0) is 14.4. The number of nitrogens with one attached hydrogen (secondary N) is 1. The highest BCUT2D eigenvalue weighted by atomic mass is 19.1. The van der Waals surface area contributed by atoms with Gasteiger partial charge in [0.1, 0.15) is 17.1 Å². The Morgan fingerprint density at radius 2 is 2.20 bits per heavy atom. The second-order valence-electron chi connectivity index (χ2n) is 5.29. The van der Waals surface area contributed by atoms with E-state index in [4.69, 9.17) is 4.74 Å². The molecule has 0 bridgehead atoms. The molecule has 0 heterocycles. The van der Waals surface area contributed by atoms with Crippen molar-refractivity contribution in [1.29, 1.82) is 5.26 Å². The summed E-state index contributed by atoms with van der Waals surface area (Å²) in [5.74, 6) is 0.743. The lowest BCUT2D eigenvalue weighted by molar-refractivity contribution is 0.234. The van der Waals surface area contributed by atoms with Crippen LogP contribution >= 0.6 is 0 Å². The second kappa shape index (κ2) is 6.71. The van der Waals surface area contributed by atoms with Crippen LogP contribution in [0.5, 0.6) is 5.75 Å². The highest BCUT2D eigenvalue weighted by Gasteiger charge is 2.42. The number of ether oxygens (including phenoxy) is 1. The maximum Gasteiger partial charge on any atom is 0.123 e. The van der Waals surface area contributed by atoms with Gasteiger partial charge in [-0.3, -0.25) is 5.32 Å². The van der Waals surface area contributed by atoms with Crippen molar-refractivity contribution in [2.45, 2.75) is 38.1 Å². The second-order valence-corrected chi connectivity index (χ2v) is 5.29. The molecule has 2 atom stereocenters. The Kier molecular flexibility index (Phi) is 4.97. The van der Waals surface area contributed by atoms with Gasteiger partial charge in [-0.05, 0) is 56.0 Å². The number of benzene rings is 1. The van der Waals surface area contributed by atoms with Crippen molar-refractivity contribution in [3.8, 4) is 11.8 Å². The fourth-order valence-corrected chi connectivity index (χ4v) is 3.05. The molecule has 1 aliphatic rings. The zero-order valence-corrected chi connectivity index (χ0v) is 11.9. The van der Waals surface area contributed by atoms with E-state index >= 15 is 0 Å². The van der Waals surface area contributed by atoms with Crippen LogP contribution in [0.25, 0.3) is 0 Å². The van der Waals surface area contributed by atoms with E-state index in [2.05, 4.69) is 11.4 Å². The van der Waals surface area contributed by atoms with E-state index in [1.54, 1.807) is 12.1 Å². The molecule has 0 amide bonds. The van der Waals surface area contributed by atoms with Crippen molar-refractivity contribution in [3.63, 3.8) is 0 Å². The van der Waals surface area contributed by atoms with Gasteiger partial charge in [-0.1, -0.05) is 13.3 Å². The van der Waals surface area contributed by atoms with Crippen molar-refractivity contribution in [3.05, 3.63) is 30.1 Å². The highest BCUT2D eigenvalue weighted by molar-refractivity contribution is 5.22. The summed E-state index contributed by atoms with van der Waals surface area (Å²) in [4.78, 5) is 0. The Bertz CT molecular complexity index is 468. The average Bonchev–Trinajstić information content (AvgIpc) is 2.85. The van der Waals surface area contributed by atoms with Gasteiger partial charge in [0.15, 0.2) is 0 Å². The van der Waals surface area contributed by atoms with Gasteiger partial charge < -0.3 is 4.74 Å². The smallest absolute Gasteiger partial charge is 0.123 e. The quantitative estimate of drug-likeness (QED) is 0.867. The van der Waals surface area contributed by atoms with Gasteiger partial charge in [0.25, 0.3) is 0 Å². The van der Waals surface area contributed by atoms with E-state index in [-0.39, 0.29) is 11.4 Å². The first-order valence-electron chi connectivity index (χ1n) is 7.25. The zero-order valence-electron chi connectivity index (χ0n) is 11.9. The molecule has 1 N–H and O–H groups in total. The van der Waals surface area contributed by atoms with E-state index in [0.29, 0.717) is 18.3 Å². The van der Waals surface area contributed by atoms with Crippen molar-refractivity contribution in [2.24, 2.45) is 5.92 Å². The third-order valence-electron chi connectivity index (χ3n) is 4.06. The lowest BCUT2D eigenvalue weighted by Gasteiger charge is -2.29. The number of hydrogen-bond acceptors (Lipinski definition) is 3. The van der Waals surface area contributed by atoms with Crippen molar-refractivity contribution in [2.75, 3.05) is 13.2 Å². The normalized spacial score (nSPS) is 25.4. The van der Waals surface area contributed by atoms with Gasteiger partial charge in [0.05, 0.1) is 12.7 Å². The lowest BCUT2D eigenvalue weighted by Crippen LogP contribution is -2.47. The van der Waals surface area contributed by atoms with Crippen molar-refractivity contribution >= 4 is 0 Å². The topological polar surface area (TPSA) is 45.0 Å². The Morgan fingerprint density at radius 3 is 2.85 bits per heavy atom. The number of halogens is 1. The van der Waals surface area contributed by atoms with Gasteiger partial charge in [-0.2, -0.15) is 5.26 Å². The van der Waals surface area contributed by atoms with E-state index in [1.807, 2.05) is 6.92 Å². The maximum absolute atomic E-state index is 12.8. The molecule has 0 spiro atoms. The fourth-order valence-electron chi connectivity index (χ4n) is 3.05. The van der Waals surface area contributed by atoms with Crippen LogP contribution in [0.4, 0.5) is 4.39 Å². The standard InChI is InChI=1S/C16H21FN2O/c1-2-19-16(12-18)10-3-4-13(16)9-11-20-15-7-5-14(17)6-8-15/h5-8,13,19H,2-4,9-11H2,1H3. The summed E-state index contributed by atoms with van der Waals surface area (Å²) in [6.45, 7) is 3.40. The number of rotatable bonds is 6. The summed E-state index contributed by atoms with van der Waals surface area (Å²) in [7, 11) is 0. The van der Waals surface area contributed by atoms with E-state index in [0.717, 1.165) is 32.2 Å². The maximum atomic E-state index is 12.8. The summed E-state index contributed by atoms with van der Waals surface area (Å²) in [5.41, 5.74) is -0.388. The molecule has 4 heteroatoms. The van der Waals surface area contributed by atoms with Gasteiger partial charge in [-0.15, -0.1) is 0 Å². The number of nitrogens with zero attached hydrogens (tertiary/aromatic N) is 1. The van der Waals surface area contributed by atoms with Crippen LogP contribution < -0.4 is 10.1 Å². The molecular formula is C16H21FN2O. The number of nitriles is 1. The van der Waals surface area contributed by atoms with E-state index in [9.17, 15) is 9.65 Å². The first-order valence-corrected chi connectivity index (χ1v) is 7.25. The van der Waals surface area contributed by atoms with Gasteiger partial charge in [0, 0.05) is 0 Å². The Hall–Kier alpha value is -1.60. The van der Waals surface area contributed by atoms with Gasteiger partial charge >= 0.3 is 0 Å². The first kappa shape index (κ1) is 14.8. The molecular weight excluding hydrogens is 255 g/mol. The Balaban J connectivity index is 1.87. The van der Waals surface area contributed by atoms with Gasteiger partial charge in [0.2, 0.25) is 0 Å². The predicted octanol–water partition coefficient (Wildman–Crippen LogP) is 3.27. The Labute approximate surface area is 119 Å². The molecule has 0 saturated heterocycles. The van der Waals surface area contributed by atoms with Crippen LogP contribution in [0.3, 0.4) is 0 Å². The SMILES string of the molecule is CCNC1(C#N)CCCC1CCOc1ccc(F)cc1. The Morgan fingerprint density at radius 1 is 1.45 bits per heavy atom. The summed E-state index contributed by atoms with van der Waals surface area (Å²) >= 11 is 0. The van der Waals surface area contributed by atoms with Crippen LogP contribution in [0.2, 0.25) is 0 Å². The largest absolute Gasteiger partial charge is 0.494 e. The third-order valence-corrected chi connectivity index (χ3v) is 4.06. The summed E-state index contributed by atoms with van der Waals surface area (Å²) < 4.78 is 18.4. The van der Waals surface area contributed by atoms with Crippen LogP contribution in [0, 0.1) is 23.1 Å². The average molecular weight is 276 g/mol. The molecule has 0 aromatic heterocycles. The van der Waals surface area contributed by atoms with Crippen molar-refractivity contribution < 1.29 is 9.13 Å². The highest BCUT2D eigenvalue weighted by Crippen LogP contribution is 2.37. The predicted molar refractivity (Wildman–Crippen MR) is 75.9 cm³/mol. The van der Waals surface area contributed by atoms with Crippen LogP contribution in [0.1, 0.15) is 32.6 Å². The molecule has 1 fully saturated rings. The molecule has 1 aromatic rings. The van der Waals surface area contributed by atoms with Crippen LogP contribution in [-0.4, -0.2) is 18.7 Å². The molecule has 2 rings (SSSR count). The van der Waals surface area contributed by atoms with Crippen LogP contribution in [0.15, 0.2) is 24.3 Å². The molecule has 3 nitrogen and oxygen atoms in total. The minimum absolute atomic E-state index is 0.260. The minimum Gasteiger partial charge on any atom is -0.494 e. The minimum atomic E-state index is -0.388. The summed E-state index contributed by atoms with van der Waals surface area (Å²) in [6.07, 6.45) is 3.91. The van der Waals surface area contributed by atoms with E-state index in [1.165, 1.54) is 12.1 Å². The number of hydrogen-bond donors (Lipinski definition) is 1. The summed E-state index contributed by atoms with van der Waals surface area (Å²) in [6, 6.07) is 8.51. The molecule has 1 saturated carbocycles. The van der Waals surface area contributed by atoms with Crippen LogP contribution in [-0.2, 0) is 0 Å². The monoisotopic (exact) mass is 276 g/mol. The molecule has 108 valence electrons. The van der Waals surface area contributed by atoms with E-state index < -0.39 is 0 Å². The molecule has 0 radical (unpaired) electrons. The van der Waals surface area contributed by atoms with Crippen molar-refractivity contribution in [1.82, 2.24) is 5.32 Å². The summed E-state index contributed by atoms with van der Waals surface area (Å²) in [5, 5.41) is 12.8. The third kappa shape index (κ3) is 3.29. The molecule has 2 unspecified atom stereocenters. The molecule has 20 heavy (non-hydrogen) atoms.